The van der Waals surface area contributed by atoms with Crippen molar-refractivity contribution in [3.63, 3.8) is 0 Å². The fraction of sp³-hybridized carbons (Fsp3) is 0.417. The van der Waals surface area contributed by atoms with Crippen molar-refractivity contribution in [3.8, 4) is 5.75 Å². The first-order chi connectivity index (χ1) is 7.49. The van der Waals surface area contributed by atoms with Crippen LogP contribution in [0.4, 0.5) is 0 Å². The van der Waals surface area contributed by atoms with Gasteiger partial charge < -0.3 is 9.84 Å². The average molecular weight is 243 g/mol. The van der Waals surface area contributed by atoms with Crippen molar-refractivity contribution in [3.05, 3.63) is 28.8 Å². The molecule has 0 aromatic heterocycles. The van der Waals surface area contributed by atoms with E-state index in [0.29, 0.717) is 17.2 Å². The Kier molecular flexibility index (Phi) is 4.62. The lowest BCUT2D eigenvalue weighted by molar-refractivity contribution is -0.136. The lowest BCUT2D eigenvalue weighted by Gasteiger charge is -2.14. The molecule has 1 aromatic carbocycles. The van der Waals surface area contributed by atoms with E-state index >= 15 is 0 Å². The van der Waals surface area contributed by atoms with Crippen LogP contribution in [0, 0.1) is 0 Å². The van der Waals surface area contributed by atoms with E-state index in [-0.39, 0.29) is 12.5 Å². The quantitative estimate of drug-likeness (QED) is 0.863. The molecular weight excluding hydrogens is 228 g/mol. The van der Waals surface area contributed by atoms with Crippen molar-refractivity contribution in [2.75, 3.05) is 0 Å². The molecule has 0 heterocycles. The molecule has 0 aliphatic rings. The third kappa shape index (κ3) is 4.11. The number of rotatable bonds is 5. The average Bonchev–Trinajstić information content (AvgIpc) is 2.17. The smallest absolute Gasteiger partial charge is 0.303 e. The second-order valence-corrected chi connectivity index (χ2v) is 4.25. The van der Waals surface area contributed by atoms with Crippen LogP contribution in [-0.2, 0) is 11.2 Å². The maximum absolute atomic E-state index is 10.5. The van der Waals surface area contributed by atoms with Crippen LogP contribution in [0.25, 0.3) is 0 Å². The summed E-state index contributed by atoms with van der Waals surface area (Å²) in [5, 5.41) is 9.24. The van der Waals surface area contributed by atoms with Crippen LogP contribution < -0.4 is 4.74 Å². The zero-order valence-corrected chi connectivity index (χ0v) is 10.1. The van der Waals surface area contributed by atoms with E-state index in [1.807, 2.05) is 13.8 Å². The minimum Gasteiger partial charge on any atom is -0.491 e. The molecule has 0 spiro atoms. The highest BCUT2D eigenvalue weighted by atomic mass is 35.5. The molecule has 1 N–H and O–H groups in total. The number of hydrogen-bond donors (Lipinski definition) is 1. The molecule has 0 unspecified atom stereocenters. The molecule has 4 heteroatoms. The van der Waals surface area contributed by atoms with Gasteiger partial charge in [-0.25, -0.2) is 0 Å². The fourth-order valence-corrected chi connectivity index (χ4v) is 1.55. The molecule has 0 atom stereocenters. The standard InChI is InChI=1S/C12H15ClO3/c1-8(2)16-11-5-4-10(13)7-9(11)3-6-12(14)15/h4-5,7-8H,3,6H2,1-2H3,(H,14,15). The van der Waals surface area contributed by atoms with Gasteiger partial charge in [0.15, 0.2) is 0 Å². The van der Waals surface area contributed by atoms with Gasteiger partial charge in [0.2, 0.25) is 0 Å². The third-order valence-electron chi connectivity index (χ3n) is 1.99. The van der Waals surface area contributed by atoms with Gasteiger partial charge in [-0.05, 0) is 44.0 Å². The fourth-order valence-electron chi connectivity index (χ4n) is 1.35. The molecule has 0 saturated carbocycles. The van der Waals surface area contributed by atoms with Gasteiger partial charge >= 0.3 is 5.97 Å². The second-order valence-electron chi connectivity index (χ2n) is 3.81. The molecule has 1 aromatic rings. The summed E-state index contributed by atoms with van der Waals surface area (Å²) in [5.41, 5.74) is 0.837. The summed E-state index contributed by atoms with van der Waals surface area (Å²) in [6.45, 7) is 3.85. The van der Waals surface area contributed by atoms with E-state index in [2.05, 4.69) is 0 Å². The van der Waals surface area contributed by atoms with Crippen molar-refractivity contribution < 1.29 is 14.6 Å². The molecule has 1 rings (SSSR count). The molecule has 0 saturated heterocycles. The summed E-state index contributed by atoms with van der Waals surface area (Å²) in [5.74, 6) is -0.115. The molecule has 0 aliphatic heterocycles. The number of aryl methyl sites for hydroxylation is 1. The predicted octanol–water partition coefficient (Wildman–Crippen LogP) is 3.14. The van der Waals surface area contributed by atoms with Crippen molar-refractivity contribution in [1.82, 2.24) is 0 Å². The van der Waals surface area contributed by atoms with Gasteiger partial charge in [0.1, 0.15) is 5.75 Å². The molecule has 0 fully saturated rings. The predicted molar refractivity (Wildman–Crippen MR) is 63.2 cm³/mol. The number of halogens is 1. The maximum Gasteiger partial charge on any atom is 0.303 e. The first kappa shape index (κ1) is 12.8. The summed E-state index contributed by atoms with van der Waals surface area (Å²) < 4.78 is 5.58. The van der Waals surface area contributed by atoms with E-state index in [9.17, 15) is 4.79 Å². The van der Waals surface area contributed by atoms with Gasteiger partial charge in [-0.1, -0.05) is 11.6 Å². The highest BCUT2D eigenvalue weighted by Crippen LogP contribution is 2.25. The van der Waals surface area contributed by atoms with Crippen molar-refractivity contribution in [2.45, 2.75) is 32.8 Å². The minimum atomic E-state index is -0.824. The van der Waals surface area contributed by atoms with Gasteiger partial charge in [-0.15, -0.1) is 0 Å². The lowest BCUT2D eigenvalue weighted by Crippen LogP contribution is -2.08. The van der Waals surface area contributed by atoms with Gasteiger partial charge in [0, 0.05) is 11.4 Å². The molecule has 0 aliphatic carbocycles. The first-order valence-corrected chi connectivity index (χ1v) is 5.53. The summed E-state index contributed by atoms with van der Waals surface area (Å²) in [7, 11) is 0. The Morgan fingerprint density at radius 1 is 1.50 bits per heavy atom. The Morgan fingerprint density at radius 2 is 2.19 bits per heavy atom. The number of ether oxygens (including phenoxy) is 1. The summed E-state index contributed by atoms with van der Waals surface area (Å²) in [4.78, 5) is 10.5. The van der Waals surface area contributed by atoms with Gasteiger partial charge in [0.25, 0.3) is 0 Å². The van der Waals surface area contributed by atoms with Crippen molar-refractivity contribution >= 4 is 17.6 Å². The summed E-state index contributed by atoms with van der Waals surface area (Å²) in [6, 6.07) is 5.27. The van der Waals surface area contributed by atoms with E-state index in [1.165, 1.54) is 0 Å². The summed E-state index contributed by atoms with van der Waals surface area (Å²) >= 11 is 5.87. The highest BCUT2D eigenvalue weighted by Gasteiger charge is 2.08. The van der Waals surface area contributed by atoms with Crippen LogP contribution in [0.1, 0.15) is 25.8 Å². The molecule has 3 nitrogen and oxygen atoms in total. The maximum atomic E-state index is 10.5. The van der Waals surface area contributed by atoms with E-state index in [1.54, 1.807) is 18.2 Å². The SMILES string of the molecule is CC(C)Oc1ccc(Cl)cc1CCC(=O)O. The van der Waals surface area contributed by atoms with Crippen LogP contribution in [0.5, 0.6) is 5.75 Å². The highest BCUT2D eigenvalue weighted by molar-refractivity contribution is 6.30. The van der Waals surface area contributed by atoms with E-state index in [0.717, 1.165) is 5.56 Å². The molecule has 88 valence electrons. The van der Waals surface area contributed by atoms with Crippen LogP contribution in [0.3, 0.4) is 0 Å². The number of aliphatic carboxylic acids is 1. The molecule has 0 radical (unpaired) electrons. The van der Waals surface area contributed by atoms with Gasteiger partial charge in [0.05, 0.1) is 6.10 Å². The van der Waals surface area contributed by atoms with Crippen molar-refractivity contribution in [1.29, 1.82) is 0 Å². The summed E-state index contributed by atoms with van der Waals surface area (Å²) in [6.07, 6.45) is 0.567. The number of carbonyl (C=O) groups is 1. The Hall–Kier alpha value is -1.22. The van der Waals surface area contributed by atoms with Crippen LogP contribution in [0.15, 0.2) is 18.2 Å². The largest absolute Gasteiger partial charge is 0.491 e. The van der Waals surface area contributed by atoms with Crippen LogP contribution >= 0.6 is 11.6 Å². The van der Waals surface area contributed by atoms with Gasteiger partial charge in [-0.2, -0.15) is 0 Å². The third-order valence-corrected chi connectivity index (χ3v) is 2.23. The number of carboxylic acid groups (broad SMARTS) is 1. The molecule has 0 amide bonds. The Morgan fingerprint density at radius 3 is 2.75 bits per heavy atom. The molecule has 0 bridgehead atoms. The second kappa shape index (κ2) is 5.75. The first-order valence-electron chi connectivity index (χ1n) is 5.16. The lowest BCUT2D eigenvalue weighted by atomic mass is 10.1. The Balaban J connectivity index is 2.84. The monoisotopic (exact) mass is 242 g/mol. The molecule has 16 heavy (non-hydrogen) atoms. The number of carboxylic acids is 1. The van der Waals surface area contributed by atoms with E-state index in [4.69, 9.17) is 21.4 Å². The molecular formula is C12H15ClO3. The van der Waals surface area contributed by atoms with Crippen LogP contribution in [0.2, 0.25) is 5.02 Å². The zero-order chi connectivity index (χ0) is 12.1. The van der Waals surface area contributed by atoms with Crippen LogP contribution in [-0.4, -0.2) is 17.2 Å². The Bertz CT molecular complexity index is 375. The minimum absolute atomic E-state index is 0.0600. The zero-order valence-electron chi connectivity index (χ0n) is 9.37. The normalized spacial score (nSPS) is 10.5. The van der Waals surface area contributed by atoms with E-state index < -0.39 is 5.97 Å². The van der Waals surface area contributed by atoms with Gasteiger partial charge in [-0.3, -0.25) is 4.79 Å². The van der Waals surface area contributed by atoms with Crippen molar-refractivity contribution in [2.24, 2.45) is 0 Å². The Labute approximate surface area is 100.0 Å². The number of hydrogen-bond acceptors (Lipinski definition) is 2. The number of benzene rings is 1. The topological polar surface area (TPSA) is 46.5 Å².